The molecule has 1 N–H and O–H groups in total. The molecule has 0 saturated carbocycles. The lowest BCUT2D eigenvalue weighted by atomic mass is 9.85. The highest BCUT2D eigenvalue weighted by Crippen LogP contribution is 2.40. The number of imidazole rings is 1. The van der Waals surface area contributed by atoms with E-state index in [2.05, 4.69) is 31.4 Å². The maximum atomic E-state index is 13.5. The second-order valence-electron chi connectivity index (χ2n) is 12.6. The molecule has 2 aliphatic heterocycles. The molecule has 0 radical (unpaired) electrons. The van der Waals surface area contributed by atoms with Gasteiger partial charge in [-0.1, -0.05) is 42.5 Å². The van der Waals surface area contributed by atoms with Crippen molar-refractivity contribution >= 4 is 35.7 Å². The number of hydrogen-bond acceptors (Lipinski definition) is 7. The van der Waals surface area contributed by atoms with Gasteiger partial charge in [0.25, 0.3) is 5.91 Å². The van der Waals surface area contributed by atoms with E-state index in [1.807, 2.05) is 42.2 Å². The van der Waals surface area contributed by atoms with Crippen LogP contribution in [0.1, 0.15) is 47.4 Å². The van der Waals surface area contributed by atoms with Crippen molar-refractivity contribution in [1.82, 2.24) is 24.3 Å². The van der Waals surface area contributed by atoms with Crippen LogP contribution in [0.3, 0.4) is 0 Å². The van der Waals surface area contributed by atoms with Gasteiger partial charge in [-0.2, -0.15) is 13.2 Å². The summed E-state index contributed by atoms with van der Waals surface area (Å²) in [5.74, 6) is 0.268. The predicted octanol–water partition coefficient (Wildman–Crippen LogP) is 6.80. The van der Waals surface area contributed by atoms with Gasteiger partial charge in [0.05, 0.1) is 36.1 Å². The summed E-state index contributed by atoms with van der Waals surface area (Å²) < 4.78 is 46.9. The molecule has 2 aromatic carbocycles. The van der Waals surface area contributed by atoms with Gasteiger partial charge in [0.15, 0.2) is 5.82 Å². The average Bonchev–Trinajstić information content (AvgIpc) is 3.51. The molecule has 0 spiro atoms. The van der Waals surface area contributed by atoms with Crippen molar-refractivity contribution in [2.45, 2.75) is 31.9 Å². The van der Waals surface area contributed by atoms with Crippen LogP contribution in [0.4, 0.5) is 24.8 Å². The molecule has 7 rings (SSSR count). The van der Waals surface area contributed by atoms with Gasteiger partial charge in [-0.15, -0.1) is 0 Å². The minimum Gasteiger partial charge on any atom is -0.379 e. The lowest BCUT2D eigenvalue weighted by Crippen LogP contribution is -2.55. The van der Waals surface area contributed by atoms with Crippen LogP contribution in [0.15, 0.2) is 84.1 Å². The Morgan fingerprint density at radius 1 is 1.04 bits per heavy atom. The maximum Gasteiger partial charge on any atom is 0.416 e. The first kappa shape index (κ1) is 32.1. The third-order valence-electron chi connectivity index (χ3n) is 9.07. The molecule has 0 bridgehead atoms. The number of likely N-dealkylation sites (tertiary alicyclic amines) is 1. The number of aliphatic imine (C=N–C) groups is 1. The van der Waals surface area contributed by atoms with Crippen molar-refractivity contribution in [2.24, 2.45) is 10.4 Å². The van der Waals surface area contributed by atoms with Gasteiger partial charge < -0.3 is 15.0 Å². The van der Waals surface area contributed by atoms with E-state index in [0.717, 1.165) is 48.3 Å². The first-order valence-corrected chi connectivity index (χ1v) is 15.8. The predicted molar refractivity (Wildman–Crippen MR) is 178 cm³/mol. The lowest BCUT2D eigenvalue weighted by molar-refractivity contribution is -0.170. The zero-order chi connectivity index (χ0) is 34.3. The molecular formula is C36H32F3N7O3. The smallest absolute Gasteiger partial charge is 0.379 e. The molecule has 2 aliphatic rings. The minimum atomic E-state index is -4.57. The van der Waals surface area contributed by atoms with Gasteiger partial charge in [-0.25, -0.2) is 19.9 Å². The number of anilines is 1. The summed E-state index contributed by atoms with van der Waals surface area (Å²) in [7, 11) is 0. The number of hydrogen-bond donors (Lipinski definition) is 1. The van der Waals surface area contributed by atoms with Gasteiger partial charge >= 0.3 is 6.18 Å². The summed E-state index contributed by atoms with van der Waals surface area (Å²) in [6.07, 6.45) is -0.212. The van der Waals surface area contributed by atoms with Gasteiger partial charge in [-0.3, -0.25) is 14.0 Å². The number of nitrogens with one attached hydrogen (secondary N) is 1. The number of piperidine rings is 1. The normalized spacial score (nSPS) is 17.4. The lowest BCUT2D eigenvalue weighted by Gasteiger charge is -2.42. The molecule has 1 unspecified atom stereocenters. The molecule has 0 aliphatic carbocycles. The van der Waals surface area contributed by atoms with Gasteiger partial charge in [0.1, 0.15) is 22.9 Å². The quantitative estimate of drug-likeness (QED) is 0.191. The highest BCUT2D eigenvalue weighted by Gasteiger charge is 2.45. The monoisotopic (exact) mass is 667 g/mol. The maximum absolute atomic E-state index is 13.5. The van der Waals surface area contributed by atoms with Crippen molar-refractivity contribution < 1.29 is 27.5 Å². The van der Waals surface area contributed by atoms with Crippen LogP contribution in [0.5, 0.6) is 0 Å². The van der Waals surface area contributed by atoms with Crippen LogP contribution in [0, 0.1) is 5.41 Å². The molecule has 5 heterocycles. The number of amides is 2. The molecular weight excluding hydrogens is 635 g/mol. The van der Waals surface area contributed by atoms with Crippen LogP contribution in [-0.4, -0.2) is 69.1 Å². The second-order valence-corrected chi connectivity index (χ2v) is 12.6. The number of alkyl halides is 3. The van der Waals surface area contributed by atoms with Gasteiger partial charge in [0, 0.05) is 41.9 Å². The van der Waals surface area contributed by atoms with E-state index in [1.165, 1.54) is 0 Å². The van der Waals surface area contributed by atoms with Crippen LogP contribution in [-0.2, 0) is 15.7 Å². The Morgan fingerprint density at radius 2 is 1.80 bits per heavy atom. The largest absolute Gasteiger partial charge is 0.416 e. The van der Waals surface area contributed by atoms with Crippen molar-refractivity contribution in [3.8, 4) is 22.5 Å². The molecule has 1 atom stereocenters. The Labute approximate surface area is 279 Å². The van der Waals surface area contributed by atoms with E-state index in [4.69, 9.17) is 9.72 Å². The van der Waals surface area contributed by atoms with Gasteiger partial charge in [0.2, 0.25) is 5.91 Å². The Hall–Kier alpha value is -5.43. The highest BCUT2D eigenvalue weighted by molar-refractivity contribution is 6.04. The number of nitrogens with zero attached hydrogens (tertiary/aromatic N) is 6. The number of pyridine rings is 1. The average molecular weight is 668 g/mol. The Balaban J connectivity index is 1.28. The number of carbonyl (C=O) groups excluding carboxylic acids is 2. The molecule has 49 heavy (non-hydrogen) atoms. The molecule has 13 heteroatoms. The fourth-order valence-corrected chi connectivity index (χ4v) is 6.46. The van der Waals surface area contributed by atoms with E-state index in [9.17, 15) is 22.8 Å². The van der Waals surface area contributed by atoms with Crippen molar-refractivity contribution in [3.05, 3.63) is 96.1 Å². The second kappa shape index (κ2) is 12.5. The number of fused-ring (bicyclic) bond motifs is 1. The van der Waals surface area contributed by atoms with Gasteiger partial charge in [-0.05, 0) is 50.7 Å². The van der Waals surface area contributed by atoms with Crippen molar-refractivity contribution in [1.29, 1.82) is 0 Å². The zero-order valence-electron chi connectivity index (χ0n) is 26.6. The van der Waals surface area contributed by atoms with E-state index in [1.54, 1.807) is 30.5 Å². The van der Waals surface area contributed by atoms with E-state index in [0.29, 0.717) is 48.9 Å². The Kier molecular flexibility index (Phi) is 8.23. The van der Waals surface area contributed by atoms with Crippen LogP contribution >= 0.6 is 0 Å². The van der Waals surface area contributed by atoms with E-state index >= 15 is 0 Å². The van der Waals surface area contributed by atoms with Crippen LogP contribution < -0.4 is 5.32 Å². The highest BCUT2D eigenvalue weighted by atomic mass is 19.4. The Bertz CT molecular complexity index is 2060. The minimum absolute atomic E-state index is 0.0807. The zero-order valence-corrected chi connectivity index (χ0v) is 26.6. The molecule has 10 nitrogen and oxygen atoms in total. The first-order valence-electron chi connectivity index (χ1n) is 15.8. The summed E-state index contributed by atoms with van der Waals surface area (Å²) >= 11 is 0. The molecule has 5 aromatic rings. The summed E-state index contributed by atoms with van der Waals surface area (Å²) in [4.78, 5) is 46.4. The first-order chi connectivity index (χ1) is 23.6. The molecule has 2 saturated heterocycles. The number of halogens is 3. The summed E-state index contributed by atoms with van der Waals surface area (Å²) in [6.45, 7) is 7.67. The molecule has 3 aromatic heterocycles. The molecule has 2 fully saturated rings. The number of benzene rings is 2. The fourth-order valence-electron chi connectivity index (χ4n) is 6.46. The number of aromatic nitrogens is 4. The number of ether oxygens (including phenoxy) is 1. The molecule has 250 valence electrons. The van der Waals surface area contributed by atoms with Crippen molar-refractivity contribution in [3.63, 3.8) is 0 Å². The summed E-state index contributed by atoms with van der Waals surface area (Å²) in [5, 5.41) is 2.44. The van der Waals surface area contributed by atoms with Crippen LogP contribution in [0.25, 0.3) is 28.0 Å². The van der Waals surface area contributed by atoms with Crippen LogP contribution in [0.2, 0.25) is 0 Å². The van der Waals surface area contributed by atoms with Crippen molar-refractivity contribution in [2.75, 3.05) is 31.6 Å². The topological polar surface area (TPSA) is 114 Å². The third kappa shape index (κ3) is 6.06. The Morgan fingerprint density at radius 3 is 2.47 bits per heavy atom. The number of carbonyl (C=O) groups is 2. The fraction of sp³-hybridized carbons (Fsp3) is 0.278. The summed E-state index contributed by atoms with van der Waals surface area (Å²) in [5.41, 5.74) is 2.34. The van der Waals surface area contributed by atoms with E-state index < -0.39 is 23.1 Å². The molecule has 2 amide bonds. The standard InChI is InChI=1S/C36H32F3N7O3/c1-35(20-49-21-35)34(48)45-16-6-9-25(19-45)32-44-29(30-31(40-2)42-18-27(46(30)32)22-7-4-3-5-8-22)23-10-12-24(13-11-23)33(47)43-28-17-26(14-15-41-28)36(37,38)39/h3-5,7-8,10-15,17-18,25H,2,6,9,16,19-21H2,1H3,(H,41,43,47). The number of rotatable bonds is 7. The van der Waals surface area contributed by atoms with E-state index in [-0.39, 0.29) is 23.2 Å². The summed E-state index contributed by atoms with van der Waals surface area (Å²) in [6, 6.07) is 18.0. The SMILES string of the molecule is C=Nc1ncc(-c2ccccc2)n2c(C3CCCN(C(=O)C4(C)COC4)C3)nc(-c3ccc(C(=O)Nc4cc(C(F)(F)F)ccn4)cc3)c12. The third-order valence-corrected chi connectivity index (χ3v) is 9.07.